The number of carbonyl (C=O) groups excluding carboxylic acids is 2. The van der Waals surface area contributed by atoms with Gasteiger partial charge in [-0.15, -0.1) is 0 Å². The summed E-state index contributed by atoms with van der Waals surface area (Å²) in [6, 6.07) is 11.9. The second-order valence-corrected chi connectivity index (χ2v) is 8.60. The van der Waals surface area contributed by atoms with Gasteiger partial charge in [0.15, 0.2) is 0 Å². The fourth-order valence-corrected chi connectivity index (χ4v) is 4.34. The summed E-state index contributed by atoms with van der Waals surface area (Å²) in [7, 11) is 1.70. The van der Waals surface area contributed by atoms with Crippen LogP contribution in [-0.2, 0) is 17.6 Å². The second-order valence-electron chi connectivity index (χ2n) is 8.60. The Morgan fingerprint density at radius 1 is 1.06 bits per heavy atom. The molecule has 2 aromatic carbocycles. The number of rotatable bonds is 4. The molecule has 0 spiro atoms. The minimum Gasteiger partial charge on any atom is -0.332 e. The molecule has 0 unspecified atom stereocenters. The fraction of sp³-hybridized carbons (Fsp3) is 0.346. The van der Waals surface area contributed by atoms with Crippen molar-refractivity contribution in [3.8, 4) is 0 Å². The van der Waals surface area contributed by atoms with Crippen LogP contribution < -0.4 is 5.32 Å². The number of carbonyl (C=O) groups is 2. The summed E-state index contributed by atoms with van der Waals surface area (Å²) in [5.41, 5.74) is 7.67. The molecule has 3 aromatic rings. The SMILES string of the molecule is Cc1ccc2nc3c(c(C(=O)N(C)CC(=O)Nc4cccc(C)c4C)c2c1)CCCC3. The van der Waals surface area contributed by atoms with Gasteiger partial charge in [-0.1, -0.05) is 23.8 Å². The number of hydrogen-bond acceptors (Lipinski definition) is 3. The molecule has 0 radical (unpaired) electrons. The lowest BCUT2D eigenvalue weighted by atomic mass is 9.89. The van der Waals surface area contributed by atoms with Crippen LogP contribution in [0.15, 0.2) is 36.4 Å². The number of benzene rings is 2. The highest BCUT2D eigenvalue weighted by molar-refractivity contribution is 6.09. The van der Waals surface area contributed by atoms with Gasteiger partial charge in [-0.05, 0) is 81.3 Å². The topological polar surface area (TPSA) is 62.3 Å². The Morgan fingerprint density at radius 2 is 1.84 bits per heavy atom. The third kappa shape index (κ3) is 4.18. The third-order valence-electron chi connectivity index (χ3n) is 6.24. The molecule has 0 aliphatic heterocycles. The monoisotopic (exact) mass is 415 g/mol. The van der Waals surface area contributed by atoms with Crippen LogP contribution in [0.2, 0.25) is 0 Å². The van der Waals surface area contributed by atoms with Crippen molar-refractivity contribution in [3.63, 3.8) is 0 Å². The van der Waals surface area contributed by atoms with Crippen LogP contribution >= 0.6 is 0 Å². The van der Waals surface area contributed by atoms with Crippen molar-refractivity contribution in [3.05, 3.63) is 69.9 Å². The van der Waals surface area contributed by atoms with Gasteiger partial charge in [0.25, 0.3) is 5.91 Å². The first kappa shape index (κ1) is 21.0. The number of nitrogens with one attached hydrogen (secondary N) is 1. The summed E-state index contributed by atoms with van der Waals surface area (Å²) >= 11 is 0. The molecule has 1 aromatic heterocycles. The van der Waals surface area contributed by atoms with Crippen molar-refractivity contribution in [2.45, 2.75) is 46.5 Å². The lowest BCUT2D eigenvalue weighted by Gasteiger charge is -2.24. The van der Waals surface area contributed by atoms with Gasteiger partial charge in [-0.2, -0.15) is 0 Å². The maximum absolute atomic E-state index is 13.6. The van der Waals surface area contributed by atoms with Crippen molar-refractivity contribution >= 4 is 28.4 Å². The fourth-order valence-electron chi connectivity index (χ4n) is 4.34. The maximum Gasteiger partial charge on any atom is 0.255 e. The van der Waals surface area contributed by atoms with E-state index in [0.717, 1.165) is 70.2 Å². The number of aromatic nitrogens is 1. The van der Waals surface area contributed by atoms with Crippen LogP contribution in [0.5, 0.6) is 0 Å². The number of aryl methyl sites for hydroxylation is 3. The lowest BCUT2D eigenvalue weighted by molar-refractivity contribution is -0.116. The zero-order valence-corrected chi connectivity index (χ0v) is 18.7. The van der Waals surface area contributed by atoms with Crippen molar-refractivity contribution in [2.75, 3.05) is 18.9 Å². The third-order valence-corrected chi connectivity index (χ3v) is 6.24. The Bertz CT molecular complexity index is 1180. The van der Waals surface area contributed by atoms with E-state index in [4.69, 9.17) is 4.98 Å². The van der Waals surface area contributed by atoms with E-state index in [1.807, 2.05) is 57.2 Å². The molecule has 2 amide bonds. The Morgan fingerprint density at radius 3 is 2.65 bits per heavy atom. The van der Waals surface area contributed by atoms with Gasteiger partial charge >= 0.3 is 0 Å². The smallest absolute Gasteiger partial charge is 0.255 e. The first-order valence-electron chi connectivity index (χ1n) is 10.9. The van der Waals surface area contributed by atoms with E-state index in [1.165, 1.54) is 4.90 Å². The average Bonchev–Trinajstić information content (AvgIpc) is 2.75. The van der Waals surface area contributed by atoms with Crippen LogP contribution in [0.1, 0.15) is 51.1 Å². The van der Waals surface area contributed by atoms with Gasteiger partial charge in [0.2, 0.25) is 5.91 Å². The number of fused-ring (bicyclic) bond motifs is 2. The Hall–Kier alpha value is -3.21. The molecule has 1 aliphatic rings. The van der Waals surface area contributed by atoms with E-state index in [0.29, 0.717) is 5.56 Å². The molecule has 4 rings (SSSR count). The van der Waals surface area contributed by atoms with E-state index in [-0.39, 0.29) is 18.4 Å². The number of nitrogens with zero attached hydrogens (tertiary/aromatic N) is 2. The number of amides is 2. The van der Waals surface area contributed by atoms with Crippen molar-refractivity contribution < 1.29 is 9.59 Å². The van der Waals surface area contributed by atoms with Crippen LogP contribution in [0, 0.1) is 20.8 Å². The molecule has 0 fully saturated rings. The van der Waals surface area contributed by atoms with Gasteiger partial charge in [-0.25, -0.2) is 0 Å². The van der Waals surface area contributed by atoms with Gasteiger partial charge < -0.3 is 10.2 Å². The summed E-state index contributed by atoms with van der Waals surface area (Å²) in [6.07, 6.45) is 3.91. The molecule has 31 heavy (non-hydrogen) atoms. The van der Waals surface area contributed by atoms with Gasteiger partial charge in [0.05, 0.1) is 17.6 Å². The highest BCUT2D eigenvalue weighted by Crippen LogP contribution is 2.30. The number of anilines is 1. The summed E-state index contributed by atoms with van der Waals surface area (Å²) in [5, 5.41) is 3.83. The largest absolute Gasteiger partial charge is 0.332 e. The summed E-state index contributed by atoms with van der Waals surface area (Å²) in [5.74, 6) is -0.319. The average molecular weight is 416 g/mol. The molecule has 0 bridgehead atoms. The molecule has 1 heterocycles. The molecule has 1 aliphatic carbocycles. The van der Waals surface area contributed by atoms with Crippen molar-refractivity contribution in [2.24, 2.45) is 0 Å². The van der Waals surface area contributed by atoms with E-state index in [2.05, 4.69) is 5.32 Å². The zero-order valence-electron chi connectivity index (χ0n) is 18.7. The minimum absolute atomic E-state index is 0.00335. The minimum atomic E-state index is -0.201. The standard InChI is InChI=1S/C26H29N3O2/c1-16-12-13-23-20(14-16)25(19-9-5-6-10-22(19)27-23)26(31)29(4)15-24(30)28-21-11-7-8-17(2)18(21)3/h7-8,11-14H,5-6,9-10,15H2,1-4H3,(H,28,30). The highest BCUT2D eigenvalue weighted by atomic mass is 16.2. The molecular formula is C26H29N3O2. The first-order chi connectivity index (χ1) is 14.8. The van der Waals surface area contributed by atoms with E-state index < -0.39 is 0 Å². The molecule has 5 heteroatoms. The van der Waals surface area contributed by atoms with Crippen LogP contribution in [0.3, 0.4) is 0 Å². The molecular weight excluding hydrogens is 386 g/mol. The molecule has 5 nitrogen and oxygen atoms in total. The van der Waals surface area contributed by atoms with Gasteiger partial charge in [0, 0.05) is 23.8 Å². The quantitative estimate of drug-likeness (QED) is 0.669. The predicted octanol–water partition coefficient (Wildman–Crippen LogP) is 4.75. The van der Waals surface area contributed by atoms with E-state index in [9.17, 15) is 9.59 Å². The van der Waals surface area contributed by atoms with Gasteiger partial charge in [0.1, 0.15) is 0 Å². The highest BCUT2D eigenvalue weighted by Gasteiger charge is 2.25. The normalized spacial score (nSPS) is 13.0. The second kappa shape index (κ2) is 8.50. The van der Waals surface area contributed by atoms with Crippen molar-refractivity contribution in [1.82, 2.24) is 9.88 Å². The van der Waals surface area contributed by atoms with Gasteiger partial charge in [-0.3, -0.25) is 14.6 Å². The Balaban J connectivity index is 1.63. The summed E-state index contributed by atoms with van der Waals surface area (Å²) in [6.45, 7) is 6.02. The zero-order chi connectivity index (χ0) is 22.1. The van der Waals surface area contributed by atoms with Crippen LogP contribution in [0.4, 0.5) is 5.69 Å². The molecule has 1 N–H and O–H groups in total. The van der Waals surface area contributed by atoms with Crippen LogP contribution in [-0.4, -0.2) is 35.3 Å². The Kier molecular flexibility index (Phi) is 5.77. The maximum atomic E-state index is 13.6. The first-order valence-corrected chi connectivity index (χ1v) is 10.9. The van der Waals surface area contributed by atoms with Crippen LogP contribution in [0.25, 0.3) is 10.9 Å². The number of pyridine rings is 1. The molecule has 160 valence electrons. The summed E-state index contributed by atoms with van der Waals surface area (Å²) < 4.78 is 0. The summed E-state index contributed by atoms with van der Waals surface area (Å²) in [4.78, 5) is 32.6. The lowest BCUT2D eigenvalue weighted by Crippen LogP contribution is -2.36. The number of hydrogen-bond donors (Lipinski definition) is 1. The predicted molar refractivity (Wildman–Crippen MR) is 125 cm³/mol. The molecule has 0 atom stereocenters. The van der Waals surface area contributed by atoms with E-state index in [1.54, 1.807) is 7.05 Å². The van der Waals surface area contributed by atoms with Crippen molar-refractivity contribution in [1.29, 1.82) is 0 Å². The van der Waals surface area contributed by atoms with E-state index >= 15 is 0 Å². The molecule has 0 saturated carbocycles. The molecule has 0 saturated heterocycles. The Labute approximate surface area is 183 Å². The number of likely N-dealkylation sites (N-methyl/N-ethyl adjacent to an activating group) is 1.